The summed E-state index contributed by atoms with van der Waals surface area (Å²) in [5, 5.41) is 0. The van der Waals surface area contributed by atoms with E-state index in [0.717, 1.165) is 5.56 Å². The summed E-state index contributed by atoms with van der Waals surface area (Å²) in [6, 6.07) is 5.38. The van der Waals surface area contributed by atoms with Crippen LogP contribution in [0.1, 0.15) is 5.56 Å². The first-order valence-electron chi connectivity index (χ1n) is 3.80. The maximum Gasteiger partial charge on any atom is 0.174 e. The number of hydrogen-bond donors (Lipinski definition) is 0. The molecule has 3 heteroatoms. The van der Waals surface area contributed by atoms with Crippen LogP contribution >= 0.6 is 0 Å². The van der Waals surface area contributed by atoms with Crippen LogP contribution in [0.2, 0.25) is 0 Å². The topological polar surface area (TPSA) is 27.7 Å². The Bertz CT molecular complexity index is 249. The van der Waals surface area contributed by atoms with Gasteiger partial charge in [-0.2, -0.15) is 0 Å². The third-order valence-electron chi connectivity index (χ3n) is 1.65. The van der Waals surface area contributed by atoms with Gasteiger partial charge < -0.3 is 14.2 Å². The number of ether oxygens (including phenoxy) is 3. The molecule has 0 aliphatic carbocycles. The third-order valence-corrected chi connectivity index (χ3v) is 1.65. The summed E-state index contributed by atoms with van der Waals surface area (Å²) >= 11 is 0. The Balaban J connectivity index is 2.93. The van der Waals surface area contributed by atoms with Crippen LogP contribution in [0, 0.1) is 7.11 Å². The predicted octanol–water partition coefficient (Wildman–Crippen LogP) is 1.77. The Hall–Kier alpha value is -1.22. The first-order valence-corrected chi connectivity index (χ1v) is 3.80. The van der Waals surface area contributed by atoms with Crippen molar-refractivity contribution in [3.05, 3.63) is 30.9 Å². The van der Waals surface area contributed by atoms with Crippen molar-refractivity contribution in [3.63, 3.8) is 0 Å². The zero-order valence-corrected chi connectivity index (χ0v) is 7.66. The summed E-state index contributed by atoms with van der Waals surface area (Å²) in [7, 11) is 9.78. The Labute approximate surface area is 78.2 Å². The molecule has 1 aromatic carbocycles. The van der Waals surface area contributed by atoms with Gasteiger partial charge in [0, 0.05) is 6.07 Å². The fourth-order valence-corrected chi connectivity index (χ4v) is 1.03. The highest BCUT2D eigenvalue weighted by atomic mass is 16.5. The van der Waals surface area contributed by atoms with E-state index in [1.54, 1.807) is 32.4 Å². The Kier molecular flexibility index (Phi) is 3.58. The first-order chi connectivity index (χ1) is 6.30. The maximum absolute atomic E-state index is 6.61. The van der Waals surface area contributed by atoms with Gasteiger partial charge in [-0.3, -0.25) is 0 Å². The van der Waals surface area contributed by atoms with Gasteiger partial charge >= 0.3 is 0 Å². The van der Waals surface area contributed by atoms with E-state index in [1.165, 1.54) is 0 Å². The van der Waals surface area contributed by atoms with E-state index < -0.39 is 0 Å². The lowest BCUT2D eigenvalue weighted by molar-refractivity contribution is 0.228. The second-order valence-corrected chi connectivity index (χ2v) is 2.51. The molecule has 1 rings (SSSR count). The van der Waals surface area contributed by atoms with Gasteiger partial charge in [-0.15, -0.1) is 0 Å². The van der Waals surface area contributed by atoms with Crippen LogP contribution in [0.4, 0.5) is 0 Å². The van der Waals surface area contributed by atoms with Crippen molar-refractivity contribution >= 4 is 0 Å². The summed E-state index contributed by atoms with van der Waals surface area (Å²) in [5.41, 5.74) is 0.853. The molecular weight excluding hydrogens is 168 g/mol. The molecule has 0 saturated carbocycles. The lowest BCUT2D eigenvalue weighted by Crippen LogP contribution is -1.91. The molecule has 0 N–H and O–H groups in total. The molecule has 1 aromatic rings. The molecule has 3 radical (unpaired) electrons. The number of rotatable bonds is 4. The van der Waals surface area contributed by atoms with Gasteiger partial charge in [-0.1, -0.05) is 0 Å². The normalized spacial score (nSPS) is 9.77. The van der Waals surface area contributed by atoms with Crippen LogP contribution < -0.4 is 9.47 Å². The largest absolute Gasteiger partial charge is 0.497 e. The van der Waals surface area contributed by atoms with Gasteiger partial charge in [-0.25, -0.2) is 0 Å². The molecule has 0 saturated heterocycles. The molecule has 0 aliphatic heterocycles. The Morgan fingerprint density at radius 1 is 1.08 bits per heavy atom. The van der Waals surface area contributed by atoms with Crippen LogP contribution in [-0.4, -0.2) is 14.2 Å². The summed E-state index contributed by atoms with van der Waals surface area (Å²) in [4.78, 5) is 0. The highest BCUT2D eigenvalue weighted by molar-refractivity contribution is 5.38. The molecule has 0 aromatic heterocycles. The molecule has 0 aliphatic rings. The van der Waals surface area contributed by atoms with Crippen LogP contribution in [-0.2, 0) is 11.3 Å². The van der Waals surface area contributed by atoms with E-state index in [9.17, 15) is 0 Å². The van der Waals surface area contributed by atoms with Crippen molar-refractivity contribution in [2.75, 3.05) is 14.2 Å². The van der Waals surface area contributed by atoms with Gasteiger partial charge in [0.15, 0.2) is 7.11 Å². The number of benzene rings is 1. The van der Waals surface area contributed by atoms with Crippen molar-refractivity contribution in [1.82, 2.24) is 0 Å². The molecule has 0 heterocycles. The van der Waals surface area contributed by atoms with Gasteiger partial charge in [0.2, 0.25) is 0 Å². The van der Waals surface area contributed by atoms with Gasteiger partial charge in [-0.05, 0) is 17.7 Å². The highest BCUT2D eigenvalue weighted by Crippen LogP contribution is 2.22. The third kappa shape index (κ3) is 2.63. The molecule has 0 bridgehead atoms. The number of methoxy groups -OCH3 is 2. The van der Waals surface area contributed by atoms with Crippen LogP contribution in [0.3, 0.4) is 0 Å². The molecule has 0 fully saturated rings. The molecule has 0 amide bonds. The minimum Gasteiger partial charge on any atom is -0.497 e. The molecule has 0 unspecified atom stereocenters. The minimum atomic E-state index is 0.230. The van der Waals surface area contributed by atoms with Crippen LogP contribution in [0.5, 0.6) is 11.5 Å². The van der Waals surface area contributed by atoms with E-state index in [0.29, 0.717) is 11.5 Å². The summed E-state index contributed by atoms with van der Waals surface area (Å²) in [5.74, 6) is 1.40. The monoisotopic (exact) mass is 179 g/mol. The highest BCUT2D eigenvalue weighted by Gasteiger charge is 2.00. The van der Waals surface area contributed by atoms with Crippen LogP contribution in [0.25, 0.3) is 0 Å². The van der Waals surface area contributed by atoms with Crippen molar-refractivity contribution in [2.45, 2.75) is 6.61 Å². The molecule has 0 atom stereocenters. The van der Waals surface area contributed by atoms with E-state index in [-0.39, 0.29) is 6.61 Å². The number of hydrogen-bond acceptors (Lipinski definition) is 3. The fourth-order valence-electron chi connectivity index (χ4n) is 1.03. The van der Waals surface area contributed by atoms with E-state index in [1.807, 2.05) is 0 Å². The summed E-state index contributed by atoms with van der Waals surface area (Å²) in [6.45, 7) is 0.230. The molecule has 3 nitrogen and oxygen atoms in total. The quantitative estimate of drug-likeness (QED) is 0.705. The Morgan fingerprint density at radius 3 is 2.00 bits per heavy atom. The fraction of sp³-hybridized carbons (Fsp3) is 0.300. The second-order valence-electron chi connectivity index (χ2n) is 2.51. The lowest BCUT2D eigenvalue weighted by atomic mass is 10.2. The van der Waals surface area contributed by atoms with Gasteiger partial charge in [0.05, 0.1) is 20.8 Å². The molecule has 13 heavy (non-hydrogen) atoms. The van der Waals surface area contributed by atoms with E-state index in [4.69, 9.17) is 16.6 Å². The molecular formula is C10H11O3. The minimum absolute atomic E-state index is 0.230. The zero-order valence-electron chi connectivity index (χ0n) is 7.66. The molecule has 69 valence electrons. The zero-order chi connectivity index (χ0) is 9.68. The van der Waals surface area contributed by atoms with Crippen molar-refractivity contribution in [1.29, 1.82) is 0 Å². The smallest absolute Gasteiger partial charge is 0.174 e. The average Bonchev–Trinajstić information content (AvgIpc) is 2.17. The van der Waals surface area contributed by atoms with Crippen molar-refractivity contribution in [2.24, 2.45) is 0 Å². The molecule has 0 spiro atoms. The SMILES string of the molecule is [C]OCc1cc(OC)cc(OC)c1. The van der Waals surface area contributed by atoms with E-state index >= 15 is 0 Å². The Morgan fingerprint density at radius 2 is 1.62 bits per heavy atom. The predicted molar refractivity (Wildman–Crippen MR) is 47.6 cm³/mol. The van der Waals surface area contributed by atoms with Gasteiger partial charge in [0.25, 0.3) is 0 Å². The van der Waals surface area contributed by atoms with Crippen LogP contribution in [0.15, 0.2) is 18.2 Å². The van der Waals surface area contributed by atoms with Gasteiger partial charge in [0.1, 0.15) is 11.5 Å². The first kappa shape index (κ1) is 9.86. The summed E-state index contributed by atoms with van der Waals surface area (Å²) in [6.07, 6.45) is 0. The maximum atomic E-state index is 6.61. The summed E-state index contributed by atoms with van der Waals surface area (Å²) < 4.78 is 14.4. The van der Waals surface area contributed by atoms with E-state index in [2.05, 4.69) is 4.74 Å². The second kappa shape index (κ2) is 4.72. The average molecular weight is 179 g/mol. The lowest BCUT2D eigenvalue weighted by Gasteiger charge is -2.07. The van der Waals surface area contributed by atoms with Crippen molar-refractivity contribution < 1.29 is 14.2 Å². The van der Waals surface area contributed by atoms with Crippen molar-refractivity contribution in [3.8, 4) is 11.5 Å². The standard InChI is InChI=1S/C10H11O3/c1-11-7-8-4-9(12-2)6-10(5-8)13-3/h4-6H,7H2,2-3H3.